The molecule has 0 amide bonds. The molecule has 2 aliphatic rings. The Bertz CT molecular complexity index is 276. The SMILES string of the molecule is CCC1(CC)C(C)CC1(C)CC1(C)CC1C. The van der Waals surface area contributed by atoms with Crippen LogP contribution in [0.25, 0.3) is 0 Å². The van der Waals surface area contributed by atoms with Crippen molar-refractivity contribution < 1.29 is 0 Å². The third-order valence-corrected chi connectivity index (χ3v) is 6.76. The largest absolute Gasteiger partial charge is 0.0648 e. The fraction of sp³-hybridized carbons (Fsp3) is 1.00. The predicted octanol–water partition coefficient (Wildman–Crippen LogP) is 5.28. The van der Waals surface area contributed by atoms with Gasteiger partial charge in [-0.2, -0.15) is 0 Å². The lowest BCUT2D eigenvalue weighted by molar-refractivity contribution is -0.148. The fourth-order valence-electron chi connectivity index (χ4n) is 5.37. The summed E-state index contributed by atoms with van der Waals surface area (Å²) in [6, 6.07) is 0. The molecule has 2 aliphatic carbocycles. The van der Waals surface area contributed by atoms with Gasteiger partial charge in [0.2, 0.25) is 0 Å². The molecule has 0 heterocycles. The van der Waals surface area contributed by atoms with E-state index in [0.717, 1.165) is 11.8 Å². The number of hydrogen-bond donors (Lipinski definition) is 0. The topological polar surface area (TPSA) is 0 Å². The zero-order valence-corrected chi connectivity index (χ0v) is 12.2. The Labute approximate surface area is 102 Å². The average Bonchev–Trinajstić information content (AvgIpc) is 2.74. The molecule has 0 bridgehead atoms. The molecule has 94 valence electrons. The first-order valence-electron chi connectivity index (χ1n) is 7.33. The van der Waals surface area contributed by atoms with Crippen molar-refractivity contribution in [2.75, 3.05) is 0 Å². The summed E-state index contributed by atoms with van der Waals surface area (Å²) in [6.07, 6.45) is 7.18. The summed E-state index contributed by atoms with van der Waals surface area (Å²) in [7, 11) is 0. The summed E-state index contributed by atoms with van der Waals surface area (Å²) in [5.41, 5.74) is 1.97. The van der Waals surface area contributed by atoms with Gasteiger partial charge in [0.25, 0.3) is 0 Å². The van der Waals surface area contributed by atoms with E-state index >= 15 is 0 Å². The van der Waals surface area contributed by atoms with Crippen LogP contribution in [0.2, 0.25) is 0 Å². The second kappa shape index (κ2) is 3.50. The van der Waals surface area contributed by atoms with Gasteiger partial charge in [0, 0.05) is 0 Å². The van der Waals surface area contributed by atoms with E-state index in [9.17, 15) is 0 Å². The Morgan fingerprint density at radius 3 is 1.75 bits per heavy atom. The maximum absolute atomic E-state index is 2.58. The molecular formula is C16H30. The molecule has 0 radical (unpaired) electrons. The highest BCUT2D eigenvalue weighted by Gasteiger charge is 2.62. The average molecular weight is 222 g/mol. The summed E-state index contributed by atoms with van der Waals surface area (Å²) in [5, 5.41) is 0. The van der Waals surface area contributed by atoms with Crippen molar-refractivity contribution in [3.05, 3.63) is 0 Å². The smallest absolute Gasteiger partial charge is 0.0223 e. The lowest BCUT2D eigenvalue weighted by atomic mass is 9.41. The Hall–Kier alpha value is 0. The summed E-state index contributed by atoms with van der Waals surface area (Å²) in [6.45, 7) is 14.8. The van der Waals surface area contributed by atoms with Crippen LogP contribution in [0.1, 0.15) is 73.6 Å². The van der Waals surface area contributed by atoms with Crippen molar-refractivity contribution in [1.82, 2.24) is 0 Å². The lowest BCUT2D eigenvalue weighted by Gasteiger charge is -2.64. The Kier molecular flexibility index (Phi) is 2.72. The van der Waals surface area contributed by atoms with Crippen LogP contribution in [0.3, 0.4) is 0 Å². The monoisotopic (exact) mass is 222 g/mol. The van der Waals surface area contributed by atoms with Gasteiger partial charge in [0.15, 0.2) is 0 Å². The molecule has 0 aromatic rings. The van der Waals surface area contributed by atoms with E-state index in [4.69, 9.17) is 0 Å². The molecule has 0 saturated heterocycles. The van der Waals surface area contributed by atoms with Crippen LogP contribution in [0, 0.1) is 28.1 Å². The van der Waals surface area contributed by atoms with E-state index in [1.54, 1.807) is 0 Å². The van der Waals surface area contributed by atoms with E-state index in [0.29, 0.717) is 16.2 Å². The van der Waals surface area contributed by atoms with Crippen molar-refractivity contribution in [3.63, 3.8) is 0 Å². The van der Waals surface area contributed by atoms with Gasteiger partial charge in [-0.1, -0.05) is 41.5 Å². The third kappa shape index (κ3) is 1.41. The minimum Gasteiger partial charge on any atom is -0.0648 e. The molecule has 4 atom stereocenters. The van der Waals surface area contributed by atoms with Gasteiger partial charge >= 0.3 is 0 Å². The molecule has 0 nitrogen and oxygen atoms in total. The standard InChI is InChI=1S/C16H30/c1-7-16(8-2)13(4)10-15(16,6)11-14(5)9-12(14)3/h12-13H,7-11H2,1-6H3. The van der Waals surface area contributed by atoms with Gasteiger partial charge in [0.05, 0.1) is 0 Å². The van der Waals surface area contributed by atoms with Gasteiger partial charge in [-0.3, -0.25) is 0 Å². The maximum atomic E-state index is 2.58. The molecule has 2 rings (SSSR count). The van der Waals surface area contributed by atoms with Crippen LogP contribution < -0.4 is 0 Å². The maximum Gasteiger partial charge on any atom is -0.0223 e. The summed E-state index contributed by atoms with van der Waals surface area (Å²) in [5.74, 6) is 1.93. The van der Waals surface area contributed by atoms with Gasteiger partial charge in [0.1, 0.15) is 0 Å². The molecule has 0 spiro atoms. The summed E-state index contributed by atoms with van der Waals surface area (Å²) in [4.78, 5) is 0. The zero-order valence-electron chi connectivity index (χ0n) is 12.2. The van der Waals surface area contributed by atoms with Crippen LogP contribution in [0.5, 0.6) is 0 Å². The number of hydrogen-bond acceptors (Lipinski definition) is 0. The van der Waals surface area contributed by atoms with Crippen LogP contribution in [-0.4, -0.2) is 0 Å². The molecule has 2 fully saturated rings. The van der Waals surface area contributed by atoms with Crippen LogP contribution in [0.15, 0.2) is 0 Å². The molecule has 0 aromatic carbocycles. The van der Waals surface area contributed by atoms with E-state index in [-0.39, 0.29) is 0 Å². The fourth-order valence-corrected chi connectivity index (χ4v) is 5.37. The molecule has 4 unspecified atom stereocenters. The molecule has 0 N–H and O–H groups in total. The quantitative estimate of drug-likeness (QED) is 0.607. The second-order valence-corrected chi connectivity index (χ2v) is 7.47. The summed E-state index contributed by atoms with van der Waals surface area (Å²) >= 11 is 0. The van der Waals surface area contributed by atoms with Gasteiger partial charge < -0.3 is 0 Å². The molecule has 0 aliphatic heterocycles. The first-order chi connectivity index (χ1) is 7.33. The van der Waals surface area contributed by atoms with Crippen LogP contribution in [-0.2, 0) is 0 Å². The first kappa shape index (κ1) is 12.5. The van der Waals surface area contributed by atoms with Gasteiger partial charge in [-0.25, -0.2) is 0 Å². The van der Waals surface area contributed by atoms with Crippen molar-refractivity contribution in [3.8, 4) is 0 Å². The lowest BCUT2D eigenvalue weighted by Crippen LogP contribution is -2.56. The van der Waals surface area contributed by atoms with Crippen LogP contribution in [0.4, 0.5) is 0 Å². The predicted molar refractivity (Wildman–Crippen MR) is 71.4 cm³/mol. The van der Waals surface area contributed by atoms with Gasteiger partial charge in [-0.15, -0.1) is 0 Å². The first-order valence-corrected chi connectivity index (χ1v) is 7.33. The molecular weight excluding hydrogens is 192 g/mol. The van der Waals surface area contributed by atoms with E-state index in [1.165, 1.54) is 32.1 Å². The minimum absolute atomic E-state index is 0.634. The van der Waals surface area contributed by atoms with E-state index in [2.05, 4.69) is 41.5 Å². The second-order valence-electron chi connectivity index (χ2n) is 7.47. The molecule has 16 heavy (non-hydrogen) atoms. The van der Waals surface area contributed by atoms with Gasteiger partial charge in [-0.05, 0) is 60.2 Å². The zero-order chi connectivity index (χ0) is 12.2. The third-order valence-electron chi connectivity index (χ3n) is 6.76. The highest BCUT2D eigenvalue weighted by Crippen LogP contribution is 2.71. The van der Waals surface area contributed by atoms with E-state index in [1.807, 2.05) is 0 Å². The highest BCUT2D eigenvalue weighted by molar-refractivity contribution is 5.12. The van der Waals surface area contributed by atoms with Crippen molar-refractivity contribution in [2.24, 2.45) is 28.1 Å². The number of rotatable bonds is 4. The van der Waals surface area contributed by atoms with Crippen molar-refractivity contribution >= 4 is 0 Å². The van der Waals surface area contributed by atoms with E-state index < -0.39 is 0 Å². The van der Waals surface area contributed by atoms with Crippen molar-refractivity contribution in [2.45, 2.75) is 73.6 Å². The van der Waals surface area contributed by atoms with Crippen molar-refractivity contribution in [1.29, 1.82) is 0 Å². The molecule has 0 heteroatoms. The Balaban J connectivity index is 2.13. The highest BCUT2D eigenvalue weighted by atomic mass is 14.7. The molecule has 0 aromatic heterocycles. The molecule has 2 saturated carbocycles. The summed E-state index contributed by atoms with van der Waals surface area (Å²) < 4.78 is 0. The normalized spacial score (nSPS) is 49.9. The Morgan fingerprint density at radius 2 is 1.44 bits per heavy atom. The Morgan fingerprint density at radius 1 is 0.938 bits per heavy atom. The van der Waals surface area contributed by atoms with Crippen LogP contribution >= 0.6 is 0 Å². The minimum atomic E-state index is 0.634.